The monoisotopic (exact) mass is 223 g/mol. The van der Waals surface area contributed by atoms with E-state index in [1.165, 1.54) is 5.69 Å². The van der Waals surface area contributed by atoms with Gasteiger partial charge >= 0.3 is 0 Å². The van der Waals surface area contributed by atoms with Crippen LogP contribution in [0.3, 0.4) is 0 Å². The van der Waals surface area contributed by atoms with Crippen molar-refractivity contribution in [2.45, 2.75) is 60.0 Å². The Morgan fingerprint density at radius 2 is 1.94 bits per heavy atom. The number of nitrogens with zero attached hydrogens (tertiary/aromatic N) is 2. The molecule has 1 heterocycles. The summed E-state index contributed by atoms with van der Waals surface area (Å²) >= 11 is 0. The van der Waals surface area contributed by atoms with Crippen molar-refractivity contribution in [1.82, 2.24) is 9.78 Å². The van der Waals surface area contributed by atoms with Crippen molar-refractivity contribution < 1.29 is 0 Å². The van der Waals surface area contributed by atoms with Crippen LogP contribution in [0.5, 0.6) is 0 Å². The third kappa shape index (κ3) is 3.08. The van der Waals surface area contributed by atoms with E-state index in [4.69, 9.17) is 5.73 Å². The van der Waals surface area contributed by atoms with Crippen LogP contribution in [0.2, 0.25) is 0 Å². The van der Waals surface area contributed by atoms with Gasteiger partial charge in [-0.15, -0.1) is 0 Å². The zero-order valence-electron chi connectivity index (χ0n) is 11.2. The quantitative estimate of drug-likeness (QED) is 0.851. The zero-order chi connectivity index (χ0) is 12.3. The lowest BCUT2D eigenvalue weighted by Crippen LogP contribution is -2.39. The lowest BCUT2D eigenvalue weighted by molar-refractivity contribution is 0.281. The molecule has 1 aromatic rings. The molecule has 1 aromatic heterocycles. The Kier molecular flexibility index (Phi) is 4.14. The van der Waals surface area contributed by atoms with Crippen molar-refractivity contribution in [1.29, 1.82) is 0 Å². The Morgan fingerprint density at radius 3 is 2.38 bits per heavy atom. The van der Waals surface area contributed by atoms with E-state index < -0.39 is 0 Å². The topological polar surface area (TPSA) is 43.8 Å². The summed E-state index contributed by atoms with van der Waals surface area (Å²) in [5.74, 6) is 0. The molecule has 0 fully saturated rings. The van der Waals surface area contributed by atoms with Crippen LogP contribution in [-0.4, -0.2) is 15.8 Å². The van der Waals surface area contributed by atoms with Gasteiger partial charge in [0.25, 0.3) is 0 Å². The molecule has 0 saturated heterocycles. The van der Waals surface area contributed by atoms with E-state index in [1.54, 1.807) is 0 Å². The van der Waals surface area contributed by atoms with Crippen LogP contribution >= 0.6 is 0 Å². The van der Waals surface area contributed by atoms with E-state index in [2.05, 4.69) is 50.5 Å². The standard InChI is InChI=1S/C13H25N3/c1-6-10-8-11(7-2)16(15-10)9-12(14)13(3,4)5/h8,12H,6-7,9,14H2,1-5H3. The van der Waals surface area contributed by atoms with Gasteiger partial charge < -0.3 is 5.73 Å². The van der Waals surface area contributed by atoms with Gasteiger partial charge in [0.1, 0.15) is 0 Å². The van der Waals surface area contributed by atoms with Gasteiger partial charge in [0.05, 0.1) is 12.2 Å². The summed E-state index contributed by atoms with van der Waals surface area (Å²) in [4.78, 5) is 0. The maximum absolute atomic E-state index is 6.20. The molecule has 0 bridgehead atoms. The highest BCUT2D eigenvalue weighted by Crippen LogP contribution is 2.19. The minimum absolute atomic E-state index is 0.128. The summed E-state index contributed by atoms with van der Waals surface area (Å²) in [5, 5.41) is 4.59. The summed E-state index contributed by atoms with van der Waals surface area (Å²) in [7, 11) is 0. The second-order valence-electron chi connectivity index (χ2n) is 5.49. The van der Waals surface area contributed by atoms with Crippen LogP contribution < -0.4 is 5.73 Å². The average molecular weight is 223 g/mol. The molecule has 0 aliphatic rings. The Morgan fingerprint density at radius 1 is 1.31 bits per heavy atom. The Balaban J connectivity index is 2.83. The molecule has 0 aliphatic heterocycles. The molecule has 3 heteroatoms. The molecule has 92 valence electrons. The average Bonchev–Trinajstić information content (AvgIpc) is 2.59. The minimum atomic E-state index is 0.128. The lowest BCUT2D eigenvalue weighted by Gasteiger charge is -2.27. The van der Waals surface area contributed by atoms with Gasteiger partial charge in [-0.25, -0.2) is 0 Å². The van der Waals surface area contributed by atoms with E-state index in [1.807, 2.05) is 0 Å². The second-order valence-corrected chi connectivity index (χ2v) is 5.49. The number of nitrogens with two attached hydrogens (primary N) is 1. The maximum atomic E-state index is 6.20. The van der Waals surface area contributed by atoms with Crippen molar-refractivity contribution >= 4 is 0 Å². The molecule has 0 spiro atoms. The molecule has 1 rings (SSSR count). The van der Waals surface area contributed by atoms with Gasteiger partial charge in [0.2, 0.25) is 0 Å². The van der Waals surface area contributed by atoms with Crippen LogP contribution in [0.15, 0.2) is 6.07 Å². The molecule has 3 nitrogen and oxygen atoms in total. The highest BCUT2D eigenvalue weighted by atomic mass is 15.3. The summed E-state index contributed by atoms with van der Waals surface area (Å²) in [5.41, 5.74) is 8.78. The van der Waals surface area contributed by atoms with Gasteiger partial charge in [-0.1, -0.05) is 34.6 Å². The van der Waals surface area contributed by atoms with Crippen molar-refractivity contribution in [3.05, 3.63) is 17.5 Å². The normalized spacial score (nSPS) is 14.1. The van der Waals surface area contributed by atoms with Gasteiger partial charge in [0.15, 0.2) is 0 Å². The first-order valence-electron chi connectivity index (χ1n) is 6.19. The first-order chi connectivity index (χ1) is 7.38. The fourth-order valence-corrected chi connectivity index (χ4v) is 1.59. The molecule has 0 aromatic carbocycles. The van der Waals surface area contributed by atoms with E-state index in [9.17, 15) is 0 Å². The summed E-state index contributed by atoms with van der Waals surface area (Å²) in [6, 6.07) is 2.33. The summed E-state index contributed by atoms with van der Waals surface area (Å²) in [6.45, 7) is 11.6. The molecule has 1 atom stereocenters. The third-order valence-corrected chi connectivity index (χ3v) is 3.12. The summed E-state index contributed by atoms with van der Waals surface area (Å²) < 4.78 is 2.08. The van der Waals surface area contributed by atoms with Crippen LogP contribution in [0, 0.1) is 5.41 Å². The highest BCUT2D eigenvalue weighted by molar-refractivity contribution is 5.10. The van der Waals surface area contributed by atoms with Gasteiger partial charge in [-0.2, -0.15) is 5.10 Å². The van der Waals surface area contributed by atoms with Crippen molar-refractivity contribution in [3.63, 3.8) is 0 Å². The molecule has 0 aliphatic carbocycles. The molecular formula is C13H25N3. The van der Waals surface area contributed by atoms with E-state index in [0.717, 1.165) is 25.1 Å². The lowest BCUT2D eigenvalue weighted by atomic mass is 9.87. The Hall–Kier alpha value is -0.830. The van der Waals surface area contributed by atoms with Crippen LogP contribution in [0.4, 0.5) is 0 Å². The van der Waals surface area contributed by atoms with Crippen molar-refractivity contribution in [2.75, 3.05) is 0 Å². The Bertz CT molecular complexity index is 333. The predicted octanol–water partition coefficient (Wildman–Crippen LogP) is 2.38. The highest BCUT2D eigenvalue weighted by Gasteiger charge is 2.22. The fraction of sp³-hybridized carbons (Fsp3) is 0.769. The maximum Gasteiger partial charge on any atom is 0.0624 e. The molecule has 1 unspecified atom stereocenters. The Labute approximate surface area is 99.0 Å². The van der Waals surface area contributed by atoms with Gasteiger partial charge in [0, 0.05) is 11.7 Å². The number of hydrogen-bond acceptors (Lipinski definition) is 2. The second kappa shape index (κ2) is 5.00. The minimum Gasteiger partial charge on any atom is -0.326 e. The van der Waals surface area contributed by atoms with Gasteiger partial charge in [-0.05, 0) is 24.3 Å². The van der Waals surface area contributed by atoms with E-state index in [-0.39, 0.29) is 11.5 Å². The van der Waals surface area contributed by atoms with E-state index in [0.29, 0.717) is 0 Å². The molecule has 0 radical (unpaired) electrons. The predicted molar refractivity (Wildman–Crippen MR) is 68.4 cm³/mol. The SMILES string of the molecule is CCc1cc(CC)n(CC(N)C(C)(C)C)n1. The molecule has 16 heavy (non-hydrogen) atoms. The molecule has 0 amide bonds. The summed E-state index contributed by atoms with van der Waals surface area (Å²) in [6.07, 6.45) is 2.01. The third-order valence-electron chi connectivity index (χ3n) is 3.12. The number of hydrogen-bond donors (Lipinski definition) is 1. The number of rotatable bonds is 4. The zero-order valence-corrected chi connectivity index (χ0v) is 11.2. The van der Waals surface area contributed by atoms with Crippen molar-refractivity contribution in [3.8, 4) is 0 Å². The largest absolute Gasteiger partial charge is 0.326 e. The van der Waals surface area contributed by atoms with Gasteiger partial charge in [-0.3, -0.25) is 4.68 Å². The first kappa shape index (κ1) is 13.2. The van der Waals surface area contributed by atoms with Crippen molar-refractivity contribution in [2.24, 2.45) is 11.1 Å². The number of aromatic nitrogens is 2. The smallest absolute Gasteiger partial charge is 0.0624 e. The molecular weight excluding hydrogens is 198 g/mol. The fourth-order valence-electron chi connectivity index (χ4n) is 1.59. The van der Waals surface area contributed by atoms with E-state index >= 15 is 0 Å². The molecule has 0 saturated carbocycles. The van der Waals surface area contributed by atoms with Crippen LogP contribution in [-0.2, 0) is 19.4 Å². The van der Waals surface area contributed by atoms with Crippen LogP contribution in [0.25, 0.3) is 0 Å². The van der Waals surface area contributed by atoms with Crippen LogP contribution in [0.1, 0.15) is 46.0 Å². The number of aryl methyl sites for hydroxylation is 2. The first-order valence-corrected chi connectivity index (χ1v) is 6.19. The molecule has 2 N–H and O–H groups in total.